The van der Waals surface area contributed by atoms with Crippen molar-refractivity contribution in [3.8, 4) is 0 Å². The molecule has 4 unspecified atom stereocenters. The summed E-state index contributed by atoms with van der Waals surface area (Å²) in [6.45, 7) is -17.7. The van der Waals surface area contributed by atoms with Gasteiger partial charge in [0.05, 0.1) is 76.0 Å². The van der Waals surface area contributed by atoms with Gasteiger partial charge in [0.1, 0.15) is 68.2 Å². The van der Waals surface area contributed by atoms with E-state index in [1.54, 1.807) is 44.2 Å². The van der Waals surface area contributed by atoms with Crippen LogP contribution < -0.4 is 61.0 Å². The van der Waals surface area contributed by atoms with Crippen LogP contribution in [0, 0.1) is 5.92 Å². The number of aromatic nitrogens is 16. The SMILES string of the molecule is CC(C)C(=O)Nc1nc2c(ncn2[C@@H]2O[C@@H]3COP([O-])(=S)O[C@@H]4[C@H](N=[N+]=[N-])[C@@H](COP([O-])(=S)O[C@@H]2[C@@H]3F)O[C@H]4n2cnc3c(NC(=O)c4ccccc4)ncnc32)c(=O)[nH]1.CN.[N-]=[N+]=N[C@H]1[C@H]2OP(O)(=S)OC[C@H]3O[C@@H](n4cnc5c(=O)[nH]c(N)nc54)[C@H](OP(O)(=S)OC[C@H]1O[C@H]2n1cnc2c(N)ncnc21)[C@@H]3F.[NH4+].[NH4+]. The maximum absolute atomic E-state index is 16.4. The summed E-state index contributed by atoms with van der Waals surface area (Å²) in [6, 6.07) is 5.62. The first kappa shape index (κ1) is 83.8. The number of nitrogens with zero attached hydrogens (tertiary/aromatic N) is 20. The third-order valence-electron chi connectivity index (χ3n) is 16.9. The van der Waals surface area contributed by atoms with Crippen LogP contribution in [0.4, 0.5) is 32.3 Å². The number of nitrogen functional groups attached to an aromatic ring is 2. The summed E-state index contributed by atoms with van der Waals surface area (Å²) in [7, 11) is 1.50. The summed E-state index contributed by atoms with van der Waals surface area (Å²) in [5.74, 6) is -1.88. The molecule has 596 valence electrons. The van der Waals surface area contributed by atoms with Crippen molar-refractivity contribution in [1.29, 1.82) is 0 Å². The Bertz CT molecular complexity index is 5420. The molecule has 1 aromatic carbocycles. The average Bonchev–Trinajstić information content (AvgIpc) is 1.62. The topological polar surface area (TPSA) is 718 Å². The highest BCUT2D eigenvalue weighted by Crippen LogP contribution is 2.56. The summed E-state index contributed by atoms with van der Waals surface area (Å²) in [4.78, 5) is 152. The molecule has 0 spiro atoms. The number of halogens is 2. The molecule has 0 aliphatic carbocycles. The third-order valence-corrected chi connectivity index (χ3v) is 23.1. The number of anilines is 4. The Morgan fingerprint density at radius 2 is 1.02 bits per heavy atom. The van der Waals surface area contributed by atoms with Crippen molar-refractivity contribution in [1.82, 2.24) is 90.4 Å². The number of amides is 2. The van der Waals surface area contributed by atoms with Crippen molar-refractivity contribution in [3.63, 3.8) is 0 Å². The molecule has 15 rings (SSSR count). The Hall–Kier alpha value is -8.12. The van der Waals surface area contributed by atoms with E-state index < -0.39 is 180 Å². The summed E-state index contributed by atoms with van der Waals surface area (Å²) in [5, 5.41) is 12.7. The molecular weight excluding hydrogens is 1640 g/mol. The molecule has 8 bridgehead atoms. The van der Waals surface area contributed by atoms with Gasteiger partial charge in [0, 0.05) is 21.3 Å². The van der Waals surface area contributed by atoms with Gasteiger partial charge in [-0.1, -0.05) is 65.9 Å². The fourth-order valence-corrected chi connectivity index (χ4v) is 17.6. The van der Waals surface area contributed by atoms with Crippen LogP contribution in [-0.4, -0.2) is 206 Å². The first-order chi connectivity index (χ1) is 52.0. The fourth-order valence-electron chi connectivity index (χ4n) is 12.0. The molecule has 20 atom stereocenters. The van der Waals surface area contributed by atoms with E-state index in [1.165, 1.54) is 35.2 Å². The number of benzene rings is 1. The van der Waals surface area contributed by atoms with Gasteiger partial charge in [0.25, 0.3) is 17.0 Å². The smallest absolute Gasteiger partial charge is 0.325 e. The van der Waals surface area contributed by atoms with Crippen LogP contribution in [0.2, 0.25) is 0 Å². The molecule has 6 aliphatic rings. The number of H-pyrrole nitrogens is 2. The van der Waals surface area contributed by atoms with Crippen molar-refractivity contribution in [2.24, 2.45) is 21.9 Å². The van der Waals surface area contributed by atoms with Crippen LogP contribution in [0.3, 0.4) is 0 Å². The van der Waals surface area contributed by atoms with E-state index in [1.807, 2.05) is 0 Å². The number of quaternary nitrogens is 2. The Balaban J connectivity index is 0.000000217. The van der Waals surface area contributed by atoms with E-state index in [4.69, 9.17) is 114 Å². The first-order valence-corrected chi connectivity index (χ1v) is 41.9. The quantitative estimate of drug-likeness (QED) is 0.0404. The second kappa shape index (κ2) is 33.9. The lowest BCUT2D eigenvalue weighted by Crippen LogP contribution is -2.37. The second-order valence-electron chi connectivity index (χ2n) is 23.9. The highest BCUT2D eigenvalue weighted by atomic mass is 32.5. The van der Waals surface area contributed by atoms with E-state index >= 15 is 8.78 Å². The summed E-state index contributed by atoms with van der Waals surface area (Å²) in [6.07, 6.45) is -15.2. The number of azide groups is 2. The number of imidazole rings is 4. The zero-order valence-electron chi connectivity index (χ0n) is 57.6. The van der Waals surface area contributed by atoms with Crippen LogP contribution in [0.25, 0.3) is 65.5 Å². The largest absolute Gasteiger partial charge is 0.780 e. The van der Waals surface area contributed by atoms with Crippen molar-refractivity contribution >= 4 is 154 Å². The number of hydrogen-bond acceptors (Lipinski definition) is 37. The van der Waals surface area contributed by atoms with Gasteiger partial charge in [-0.15, -0.1) is 0 Å². The van der Waals surface area contributed by atoms with E-state index in [-0.39, 0.29) is 80.5 Å². The normalized spacial score (nSPS) is 32.1. The number of nitrogens with two attached hydrogens (primary N) is 3. The van der Waals surface area contributed by atoms with E-state index in [0.29, 0.717) is 5.56 Å². The van der Waals surface area contributed by atoms with Gasteiger partial charge < -0.3 is 105 Å². The zero-order valence-corrected chi connectivity index (χ0v) is 64.4. The molecule has 6 fully saturated rings. The minimum Gasteiger partial charge on any atom is -0.780 e. The first-order valence-electron chi connectivity index (χ1n) is 31.6. The highest BCUT2D eigenvalue weighted by molar-refractivity contribution is 8.07. The molecule has 8 aromatic heterocycles. The fraction of sp³-hybridized carbons (Fsp3) is 0.462. The lowest BCUT2D eigenvalue weighted by molar-refractivity contribution is -0.217. The maximum Gasteiger partial charge on any atom is 0.325 e. The molecule has 6 saturated heterocycles. The van der Waals surface area contributed by atoms with Gasteiger partial charge in [-0.2, -0.15) is 9.97 Å². The van der Waals surface area contributed by atoms with Crippen molar-refractivity contribution in [2.75, 3.05) is 55.6 Å². The molecule has 59 heteroatoms. The summed E-state index contributed by atoms with van der Waals surface area (Å²) < 4.78 is 107. The number of carbonyl (C=O) groups excluding carboxylic acids is 2. The summed E-state index contributed by atoms with van der Waals surface area (Å²) >= 11 is 20.9. The van der Waals surface area contributed by atoms with Crippen LogP contribution in [0.5, 0.6) is 0 Å². The van der Waals surface area contributed by atoms with Crippen molar-refractivity contribution in [2.45, 2.75) is 112 Å². The van der Waals surface area contributed by atoms with E-state index in [9.17, 15) is 49.8 Å². The molecule has 6 aliphatic heterocycles. The zero-order chi connectivity index (χ0) is 77.8. The van der Waals surface area contributed by atoms with Gasteiger partial charge in [-0.25, -0.2) is 48.7 Å². The average molecular weight is 1710 g/mol. The Labute approximate surface area is 639 Å². The lowest BCUT2D eigenvalue weighted by Gasteiger charge is -2.35. The lowest BCUT2D eigenvalue weighted by atomic mass is 10.1. The minimum atomic E-state index is -4.73. The molecule has 0 saturated carbocycles. The number of carbonyl (C=O) groups is 2. The third kappa shape index (κ3) is 17.4. The summed E-state index contributed by atoms with van der Waals surface area (Å²) in [5.41, 5.74) is 33.9. The van der Waals surface area contributed by atoms with E-state index in [2.05, 4.69) is 96.2 Å². The standard InChI is InChI=1S/C31H32FN13O11P2S2.C20H22FN13O9P2S2.CH5N.2H3N/c1-13(2)26(46)40-31-39-25-20(28(48)41-31)37-12-45(25)29-21-17(32)15(53-29)8-51-58(50,60)56-22-18(42-43-33)16(9-52-57(49,59)55-21)54-30(22)44-11-36-19-23(34-10-35-24(19)44)38-27(47)14-6-4-3-5-7-14;21-8-6-1-38-45(37,47)43-13-9(31-32-24)7(41-19(13)33-4-27-10-14(22)25-3-26-15(10)33)2-39-44(36,46)42-12(8)18(40-6)34-5-28-11-16(34)29-20(23)30-17(11)35;1-2;;/h3-7,10-13,15-18,21-22,29-30H,8-9H2,1-2H3,(H,49,59)(H,50,60)(H,34,35,38,47)(H2,39,40,41,46,48);3-9,12-13,18-19H,1-2H2,(H,36,46)(H,37,47)(H2,22,25,26)(H3,23,29,30,35);2H2,1H3;2*1H3/t15-,16-,17-,18-,21-,22-,29-,30-,57?,58?;6-,7-,8-,9-,12-,13-,18-,19-,44?,45?;;;/m11.../s1. The number of hydrogen-bond donors (Lipinski definition) is 11. The van der Waals surface area contributed by atoms with Crippen LogP contribution in [-0.2, 0) is 107 Å². The number of alkyl halides is 2. The maximum atomic E-state index is 16.4. The molecule has 9 aromatic rings. The monoisotopic (exact) mass is 1710 g/mol. The minimum absolute atomic E-state index is 0. The predicted octanol–water partition coefficient (Wildman–Crippen LogP) is 2.12. The van der Waals surface area contributed by atoms with Gasteiger partial charge in [0.2, 0.25) is 17.8 Å². The van der Waals surface area contributed by atoms with Crippen LogP contribution in [0.15, 0.2) is 88.1 Å². The number of ether oxygens (including phenoxy) is 4. The van der Waals surface area contributed by atoms with Crippen molar-refractivity contribution < 1.29 is 93.1 Å². The van der Waals surface area contributed by atoms with Gasteiger partial charge >= 0.3 is 13.4 Å². The molecular formula is C52H65F2N29O20P4S4. The molecule has 2 amide bonds. The van der Waals surface area contributed by atoms with Crippen LogP contribution in [0.1, 0.15) is 49.1 Å². The van der Waals surface area contributed by atoms with Gasteiger partial charge in [0.15, 0.2) is 88.0 Å². The molecule has 111 heavy (non-hydrogen) atoms. The van der Waals surface area contributed by atoms with Crippen LogP contribution >= 0.6 is 26.9 Å². The number of aromatic amines is 2. The van der Waals surface area contributed by atoms with Gasteiger partial charge in [-0.3, -0.25) is 57.3 Å². The molecule has 14 heterocycles. The molecule has 0 radical (unpaired) electrons. The van der Waals surface area contributed by atoms with Crippen molar-refractivity contribution in [3.05, 3.63) is 115 Å². The number of fused-ring (bicyclic) bond motifs is 12. The second-order valence-corrected chi connectivity index (χ2v) is 34.9. The Morgan fingerprint density at radius 3 is 1.57 bits per heavy atom. The number of rotatable bonds is 10. The highest BCUT2D eigenvalue weighted by Gasteiger charge is 2.55. The predicted molar refractivity (Wildman–Crippen MR) is 392 cm³/mol. The van der Waals surface area contributed by atoms with E-state index in [0.717, 1.165) is 28.1 Å². The Morgan fingerprint density at radius 1 is 0.595 bits per heavy atom. The molecule has 20 N–H and O–H groups in total. The number of nitrogens with one attached hydrogen (secondary N) is 4. The molecule has 49 nitrogen and oxygen atoms in total. The Kier molecular flexibility index (Phi) is 25.6. The van der Waals surface area contributed by atoms with Gasteiger partial charge in [-0.05, 0) is 53.9 Å².